The lowest BCUT2D eigenvalue weighted by molar-refractivity contribution is -0.385. The molecule has 0 atom stereocenters. The van der Waals surface area contributed by atoms with E-state index in [9.17, 15) is 32.9 Å². The second-order valence-corrected chi connectivity index (χ2v) is 7.60. The second-order valence-electron chi connectivity index (χ2n) is 6.60. The summed E-state index contributed by atoms with van der Waals surface area (Å²) >= 11 is 0.795. The van der Waals surface area contributed by atoms with Gasteiger partial charge in [-0.15, -0.1) is 0 Å². The predicted molar refractivity (Wildman–Crippen MR) is 114 cm³/mol. The highest BCUT2D eigenvalue weighted by atomic mass is 32.2. The van der Waals surface area contributed by atoms with Gasteiger partial charge in [0.05, 0.1) is 22.0 Å². The fourth-order valence-electron chi connectivity index (χ4n) is 2.93. The van der Waals surface area contributed by atoms with Gasteiger partial charge in [-0.25, -0.2) is 0 Å². The van der Waals surface area contributed by atoms with Crippen molar-refractivity contribution in [1.82, 2.24) is 4.90 Å². The molecule has 1 aliphatic heterocycles. The van der Waals surface area contributed by atoms with Crippen LogP contribution >= 0.6 is 11.8 Å². The number of imide groups is 1. The Labute approximate surface area is 190 Å². The molecule has 0 spiro atoms. The van der Waals surface area contributed by atoms with E-state index < -0.39 is 34.0 Å². The van der Waals surface area contributed by atoms with Gasteiger partial charge < -0.3 is 9.47 Å². The monoisotopic (exact) mass is 482 g/mol. The Hall–Kier alpha value is -3.54. The molecule has 1 heterocycles. The summed E-state index contributed by atoms with van der Waals surface area (Å²) in [5, 5.41) is 10.9. The molecule has 2 aromatic rings. The first-order valence-corrected chi connectivity index (χ1v) is 10.4. The summed E-state index contributed by atoms with van der Waals surface area (Å²) in [6, 6.07) is 6.37. The third-order valence-electron chi connectivity index (χ3n) is 4.46. The number of nitro benzene ring substituents is 1. The van der Waals surface area contributed by atoms with E-state index in [2.05, 4.69) is 0 Å². The van der Waals surface area contributed by atoms with Crippen LogP contribution < -0.4 is 9.47 Å². The van der Waals surface area contributed by atoms with Gasteiger partial charge in [0, 0.05) is 12.6 Å². The normalized spacial score (nSPS) is 15.3. The zero-order valence-corrected chi connectivity index (χ0v) is 18.2. The van der Waals surface area contributed by atoms with Crippen molar-refractivity contribution in [2.45, 2.75) is 20.0 Å². The molecule has 2 aromatic carbocycles. The summed E-state index contributed by atoms with van der Waals surface area (Å²) in [4.78, 5) is 35.8. The lowest BCUT2D eigenvalue weighted by Crippen LogP contribution is -2.27. The highest BCUT2D eigenvalue weighted by Gasteiger charge is 2.34. The van der Waals surface area contributed by atoms with E-state index in [1.165, 1.54) is 24.3 Å². The van der Waals surface area contributed by atoms with Crippen molar-refractivity contribution in [3.05, 3.63) is 62.5 Å². The molecule has 0 unspecified atom stereocenters. The maximum Gasteiger partial charge on any atom is 0.416 e. The van der Waals surface area contributed by atoms with Crippen LogP contribution in [0.2, 0.25) is 0 Å². The van der Waals surface area contributed by atoms with Crippen LogP contribution in [-0.2, 0) is 11.0 Å². The van der Waals surface area contributed by atoms with Gasteiger partial charge in [0.1, 0.15) is 0 Å². The van der Waals surface area contributed by atoms with Crippen LogP contribution in [-0.4, -0.2) is 34.1 Å². The van der Waals surface area contributed by atoms with Crippen molar-refractivity contribution < 1.29 is 37.2 Å². The number of carbonyl (C=O) groups is 2. The molecule has 2 amide bonds. The van der Waals surface area contributed by atoms with E-state index in [1.54, 1.807) is 13.8 Å². The van der Waals surface area contributed by atoms with Gasteiger partial charge in [0.15, 0.2) is 11.5 Å². The predicted octanol–water partition coefficient (Wildman–Crippen LogP) is 5.86. The smallest absolute Gasteiger partial charge is 0.416 e. The Morgan fingerprint density at radius 3 is 2.36 bits per heavy atom. The number of hydrogen-bond donors (Lipinski definition) is 0. The van der Waals surface area contributed by atoms with E-state index >= 15 is 0 Å². The van der Waals surface area contributed by atoms with Crippen molar-refractivity contribution in [3.8, 4) is 17.2 Å². The molecule has 8 nitrogen and oxygen atoms in total. The van der Waals surface area contributed by atoms with E-state index in [1.807, 2.05) is 0 Å². The summed E-state index contributed by atoms with van der Waals surface area (Å²) in [5.74, 6) is -0.648. The third-order valence-corrected chi connectivity index (χ3v) is 5.37. The van der Waals surface area contributed by atoms with Crippen molar-refractivity contribution in [3.63, 3.8) is 0 Å². The van der Waals surface area contributed by atoms with Gasteiger partial charge in [-0.05, 0) is 61.5 Å². The molecule has 0 bridgehead atoms. The summed E-state index contributed by atoms with van der Waals surface area (Å²) in [7, 11) is 0. The number of carbonyl (C=O) groups excluding carboxylic acids is 2. The average Bonchev–Trinajstić information content (AvgIpc) is 3.01. The number of likely N-dealkylation sites (N-methyl/N-ethyl adjacent to an activating group) is 1. The van der Waals surface area contributed by atoms with Crippen LogP contribution in [0.25, 0.3) is 6.08 Å². The number of hydrogen-bond acceptors (Lipinski definition) is 7. The van der Waals surface area contributed by atoms with Crippen LogP contribution in [0.5, 0.6) is 17.2 Å². The fourth-order valence-corrected chi connectivity index (χ4v) is 3.84. The first-order valence-electron chi connectivity index (χ1n) is 9.60. The molecule has 0 aliphatic carbocycles. The number of nitro groups is 1. The Bertz CT molecular complexity index is 1150. The minimum atomic E-state index is -4.75. The summed E-state index contributed by atoms with van der Waals surface area (Å²) in [6.07, 6.45) is -3.26. The molecule has 0 radical (unpaired) electrons. The van der Waals surface area contributed by atoms with Crippen molar-refractivity contribution in [2.75, 3.05) is 13.2 Å². The topological polar surface area (TPSA) is 99.0 Å². The molecule has 0 aromatic heterocycles. The quantitative estimate of drug-likeness (QED) is 0.277. The van der Waals surface area contributed by atoms with E-state index in [0.29, 0.717) is 17.7 Å². The molecule has 1 saturated heterocycles. The minimum absolute atomic E-state index is 0.0264. The highest BCUT2D eigenvalue weighted by Crippen LogP contribution is 2.41. The largest absolute Gasteiger partial charge is 0.490 e. The Kier molecular flexibility index (Phi) is 6.96. The maximum absolute atomic E-state index is 12.9. The zero-order valence-electron chi connectivity index (χ0n) is 17.3. The van der Waals surface area contributed by atoms with E-state index in [4.69, 9.17) is 9.47 Å². The number of alkyl halides is 3. The molecule has 174 valence electrons. The Morgan fingerprint density at radius 1 is 1.09 bits per heavy atom. The fraction of sp³-hybridized carbons (Fsp3) is 0.238. The second kappa shape index (κ2) is 9.53. The van der Waals surface area contributed by atoms with E-state index in [0.717, 1.165) is 22.7 Å². The molecule has 0 saturated carbocycles. The summed E-state index contributed by atoms with van der Waals surface area (Å²) in [6.45, 7) is 3.80. The van der Waals surface area contributed by atoms with Gasteiger partial charge in [-0.1, -0.05) is 6.07 Å². The van der Waals surface area contributed by atoms with Gasteiger partial charge >= 0.3 is 11.9 Å². The number of rotatable bonds is 7. The number of nitrogens with zero attached hydrogens (tertiary/aromatic N) is 2. The Balaban J connectivity index is 1.95. The van der Waals surface area contributed by atoms with Crippen LogP contribution in [0.1, 0.15) is 25.0 Å². The van der Waals surface area contributed by atoms with Crippen LogP contribution in [0.3, 0.4) is 0 Å². The number of amides is 2. The molecular formula is C21H17F3N2O6S. The molecule has 12 heteroatoms. The summed E-state index contributed by atoms with van der Waals surface area (Å²) in [5.41, 5.74) is -1.54. The van der Waals surface area contributed by atoms with Gasteiger partial charge in [-0.2, -0.15) is 13.2 Å². The maximum atomic E-state index is 12.9. The first-order chi connectivity index (χ1) is 15.5. The third kappa shape index (κ3) is 5.28. The number of ether oxygens (including phenoxy) is 2. The minimum Gasteiger partial charge on any atom is -0.490 e. The van der Waals surface area contributed by atoms with Crippen LogP contribution in [0.15, 0.2) is 41.3 Å². The number of halogens is 3. The molecular weight excluding hydrogens is 465 g/mol. The molecule has 33 heavy (non-hydrogen) atoms. The van der Waals surface area contributed by atoms with Crippen LogP contribution in [0, 0.1) is 10.1 Å². The first kappa shape index (κ1) is 24.1. The van der Waals surface area contributed by atoms with E-state index in [-0.39, 0.29) is 34.8 Å². The SMILES string of the molecule is CCOc1cc(/C=C2/SC(=O)N(CC)C2=O)ccc1Oc1ccc(C(F)(F)F)cc1[N+](=O)[O-]. The van der Waals surface area contributed by atoms with Crippen molar-refractivity contribution in [1.29, 1.82) is 0 Å². The zero-order chi connectivity index (χ0) is 24.3. The van der Waals surface area contributed by atoms with Crippen molar-refractivity contribution in [2.24, 2.45) is 0 Å². The molecule has 3 rings (SSSR count). The van der Waals surface area contributed by atoms with Crippen LogP contribution in [0.4, 0.5) is 23.7 Å². The van der Waals surface area contributed by atoms with Gasteiger partial charge in [0.2, 0.25) is 5.75 Å². The lowest BCUT2D eigenvalue weighted by atomic mass is 10.1. The Morgan fingerprint density at radius 2 is 1.79 bits per heavy atom. The molecule has 1 aliphatic rings. The standard InChI is InChI=1S/C21H17F3N2O6S/c1-3-25-19(27)18(33-20(25)28)10-12-5-7-16(17(9-12)31-4-2)32-15-8-6-13(21(22,23)24)11-14(15)26(29)30/h5-11H,3-4H2,1-2H3/b18-10+. The molecule has 0 N–H and O–H groups in total. The summed E-state index contributed by atoms with van der Waals surface area (Å²) < 4.78 is 49.8. The number of thioether (sulfide) groups is 1. The van der Waals surface area contributed by atoms with Gasteiger partial charge in [0.25, 0.3) is 11.1 Å². The van der Waals surface area contributed by atoms with Crippen molar-refractivity contribution >= 4 is 34.7 Å². The highest BCUT2D eigenvalue weighted by molar-refractivity contribution is 8.18. The van der Waals surface area contributed by atoms with Gasteiger partial charge in [-0.3, -0.25) is 24.6 Å². The average molecular weight is 482 g/mol. The molecule has 1 fully saturated rings. The lowest BCUT2D eigenvalue weighted by Gasteiger charge is -2.14. The number of benzene rings is 2.